The van der Waals surface area contributed by atoms with Crippen molar-refractivity contribution < 1.29 is 9.90 Å². The Bertz CT molecular complexity index is 793. The molecule has 0 unspecified atom stereocenters. The summed E-state index contributed by atoms with van der Waals surface area (Å²) in [5, 5.41) is 10.9. The van der Waals surface area contributed by atoms with E-state index in [1.807, 2.05) is 6.08 Å². The molecule has 36 heavy (non-hydrogen) atoms. The minimum atomic E-state index is -0.120. The molecule has 0 aromatic rings. The molecule has 0 bridgehead atoms. The SMILES string of the molecule is CC(C)CCC[C@@H](C)CCC[C@@H](C)CCC[C@@H]1C=C2CC(=O)C=C[C@@H]2[C@H]2CC[C@]3(C)[C@@H](O)CC[C@H]3[C@@H]21. The molecule has 2 heteroatoms. The van der Waals surface area contributed by atoms with Crippen molar-refractivity contribution in [2.45, 2.75) is 131 Å². The molecule has 0 aliphatic heterocycles. The first-order chi connectivity index (χ1) is 17.2. The van der Waals surface area contributed by atoms with Crippen molar-refractivity contribution in [3.05, 3.63) is 23.8 Å². The number of aliphatic hydroxyl groups is 1. The lowest BCUT2D eigenvalue weighted by atomic mass is 9.50. The van der Waals surface area contributed by atoms with E-state index < -0.39 is 0 Å². The molecule has 0 radical (unpaired) electrons. The third-order valence-electron chi connectivity index (χ3n) is 11.1. The fourth-order valence-electron chi connectivity index (χ4n) is 8.87. The molecule has 0 spiro atoms. The fraction of sp³-hybridized carbons (Fsp3) is 0.853. The largest absolute Gasteiger partial charge is 0.393 e. The predicted molar refractivity (Wildman–Crippen MR) is 152 cm³/mol. The molecule has 0 saturated heterocycles. The summed E-state index contributed by atoms with van der Waals surface area (Å²) in [5.41, 5.74) is 1.54. The number of rotatable bonds is 12. The standard InChI is InChI=1S/C34H56O2/c1-23(2)9-6-10-24(3)11-7-12-25(4)13-8-14-26-21-27-22-28(35)15-16-29(27)30-19-20-34(5)31(33(26)30)17-18-32(34)36/h15-16,21,23-26,29-33,36H,6-14,17-20,22H2,1-5H3/t24-,25-,26-,29+,30-,31+,32+,33-,34+/m1/s1. The van der Waals surface area contributed by atoms with Crippen molar-refractivity contribution in [2.75, 3.05) is 0 Å². The average Bonchev–Trinajstić information content (AvgIpc) is 3.12. The van der Waals surface area contributed by atoms with E-state index in [0.717, 1.165) is 30.6 Å². The second-order valence-electron chi connectivity index (χ2n) is 14.3. The molecule has 4 aliphatic carbocycles. The van der Waals surface area contributed by atoms with Gasteiger partial charge in [0, 0.05) is 12.3 Å². The smallest absolute Gasteiger partial charge is 0.159 e. The molecule has 2 fully saturated rings. The van der Waals surface area contributed by atoms with E-state index in [1.165, 1.54) is 76.2 Å². The molecule has 2 saturated carbocycles. The number of fused-ring (bicyclic) bond motifs is 5. The summed E-state index contributed by atoms with van der Waals surface area (Å²) in [5.74, 6) is 5.92. The summed E-state index contributed by atoms with van der Waals surface area (Å²) in [7, 11) is 0. The van der Waals surface area contributed by atoms with E-state index in [0.29, 0.717) is 41.8 Å². The average molecular weight is 497 g/mol. The van der Waals surface area contributed by atoms with Crippen LogP contribution in [0.4, 0.5) is 0 Å². The summed E-state index contributed by atoms with van der Waals surface area (Å²) in [4.78, 5) is 12.2. The number of ketones is 1. The number of allylic oxidation sites excluding steroid dienone is 4. The molecular weight excluding hydrogens is 440 g/mol. The maximum absolute atomic E-state index is 12.2. The van der Waals surface area contributed by atoms with Gasteiger partial charge in [-0.15, -0.1) is 0 Å². The van der Waals surface area contributed by atoms with Crippen LogP contribution in [0.3, 0.4) is 0 Å². The Morgan fingerprint density at radius 1 is 0.944 bits per heavy atom. The van der Waals surface area contributed by atoms with E-state index in [9.17, 15) is 9.90 Å². The molecule has 4 rings (SSSR count). The lowest BCUT2D eigenvalue weighted by molar-refractivity contribution is -0.114. The van der Waals surface area contributed by atoms with E-state index in [1.54, 1.807) is 0 Å². The highest BCUT2D eigenvalue weighted by molar-refractivity contribution is 5.93. The van der Waals surface area contributed by atoms with Crippen LogP contribution < -0.4 is 0 Å². The zero-order chi connectivity index (χ0) is 25.9. The summed E-state index contributed by atoms with van der Waals surface area (Å²) >= 11 is 0. The molecule has 0 aromatic heterocycles. The van der Waals surface area contributed by atoms with Gasteiger partial charge in [0.2, 0.25) is 0 Å². The third kappa shape index (κ3) is 6.39. The Balaban J connectivity index is 1.30. The maximum Gasteiger partial charge on any atom is 0.159 e. The normalized spacial score (nSPS) is 37.3. The molecule has 9 atom stereocenters. The first-order valence-electron chi connectivity index (χ1n) is 15.8. The van der Waals surface area contributed by atoms with Gasteiger partial charge in [0.1, 0.15) is 0 Å². The Morgan fingerprint density at radius 3 is 2.31 bits per heavy atom. The highest BCUT2D eigenvalue weighted by Gasteiger charge is 2.57. The number of aliphatic hydroxyl groups excluding tert-OH is 1. The fourth-order valence-corrected chi connectivity index (χ4v) is 8.87. The molecule has 0 heterocycles. The number of hydrogen-bond acceptors (Lipinski definition) is 2. The van der Waals surface area contributed by atoms with Gasteiger partial charge >= 0.3 is 0 Å². The molecule has 1 N–H and O–H groups in total. The highest BCUT2D eigenvalue weighted by Crippen LogP contribution is 2.62. The molecule has 4 aliphatic rings. The van der Waals surface area contributed by atoms with Crippen molar-refractivity contribution >= 4 is 5.78 Å². The molecule has 0 amide bonds. The van der Waals surface area contributed by atoms with Crippen molar-refractivity contribution in [2.24, 2.45) is 52.8 Å². The van der Waals surface area contributed by atoms with Crippen LogP contribution in [0.15, 0.2) is 23.8 Å². The number of carbonyl (C=O) groups is 1. The monoisotopic (exact) mass is 496 g/mol. The van der Waals surface area contributed by atoms with Crippen molar-refractivity contribution in [1.29, 1.82) is 0 Å². The van der Waals surface area contributed by atoms with E-state index >= 15 is 0 Å². The van der Waals surface area contributed by atoms with E-state index in [-0.39, 0.29) is 11.5 Å². The summed E-state index contributed by atoms with van der Waals surface area (Å²) in [6.45, 7) is 12.0. The molecule has 204 valence electrons. The van der Waals surface area contributed by atoms with E-state index in [4.69, 9.17) is 0 Å². The summed E-state index contributed by atoms with van der Waals surface area (Å²) < 4.78 is 0. The van der Waals surface area contributed by atoms with Gasteiger partial charge in [-0.1, -0.05) is 104 Å². The van der Waals surface area contributed by atoms with Gasteiger partial charge in [-0.05, 0) is 85.0 Å². The van der Waals surface area contributed by atoms with Crippen molar-refractivity contribution in [3.63, 3.8) is 0 Å². The van der Waals surface area contributed by atoms with E-state index in [2.05, 4.69) is 46.8 Å². The quantitative estimate of drug-likeness (QED) is 0.274. The van der Waals surface area contributed by atoms with Crippen LogP contribution in [-0.2, 0) is 4.79 Å². The minimum absolute atomic E-state index is 0.109. The lowest BCUT2D eigenvalue weighted by Crippen LogP contribution is -2.49. The van der Waals surface area contributed by atoms with Crippen molar-refractivity contribution in [3.8, 4) is 0 Å². The molecule has 2 nitrogen and oxygen atoms in total. The van der Waals surface area contributed by atoms with Gasteiger partial charge in [0.25, 0.3) is 0 Å². The summed E-state index contributed by atoms with van der Waals surface area (Å²) in [6, 6.07) is 0. The van der Waals surface area contributed by atoms with Gasteiger partial charge in [-0.25, -0.2) is 0 Å². The topological polar surface area (TPSA) is 37.3 Å². The Kier molecular flexibility index (Phi) is 9.62. The van der Waals surface area contributed by atoms with Gasteiger partial charge in [-0.3, -0.25) is 4.79 Å². The zero-order valence-corrected chi connectivity index (χ0v) is 24.2. The maximum atomic E-state index is 12.2. The summed E-state index contributed by atoms with van der Waals surface area (Å²) in [6.07, 6.45) is 24.0. The zero-order valence-electron chi connectivity index (χ0n) is 24.2. The van der Waals surface area contributed by atoms with Crippen LogP contribution in [0.2, 0.25) is 0 Å². The first kappa shape index (κ1) is 28.1. The van der Waals surface area contributed by atoms with Gasteiger partial charge < -0.3 is 5.11 Å². The second-order valence-corrected chi connectivity index (χ2v) is 14.3. The number of hydrogen-bond donors (Lipinski definition) is 1. The van der Waals surface area contributed by atoms with Gasteiger partial charge in [0.15, 0.2) is 5.78 Å². The van der Waals surface area contributed by atoms with Crippen LogP contribution >= 0.6 is 0 Å². The predicted octanol–water partition coefficient (Wildman–Crippen LogP) is 8.93. The highest BCUT2D eigenvalue weighted by atomic mass is 16.3. The van der Waals surface area contributed by atoms with Crippen LogP contribution in [0, 0.1) is 52.8 Å². The Hall–Kier alpha value is -0.890. The van der Waals surface area contributed by atoms with Crippen LogP contribution in [0.5, 0.6) is 0 Å². The Labute approximate surface area is 222 Å². The van der Waals surface area contributed by atoms with Gasteiger partial charge in [0.05, 0.1) is 6.10 Å². The molecule has 0 aromatic carbocycles. The second kappa shape index (κ2) is 12.3. The van der Waals surface area contributed by atoms with Gasteiger partial charge in [-0.2, -0.15) is 0 Å². The lowest BCUT2D eigenvalue weighted by Gasteiger charge is -2.54. The van der Waals surface area contributed by atoms with Crippen LogP contribution in [-0.4, -0.2) is 17.0 Å². The van der Waals surface area contributed by atoms with Crippen LogP contribution in [0.1, 0.15) is 125 Å². The van der Waals surface area contributed by atoms with Crippen molar-refractivity contribution in [1.82, 2.24) is 0 Å². The minimum Gasteiger partial charge on any atom is -0.393 e. The first-order valence-corrected chi connectivity index (χ1v) is 15.8. The Morgan fingerprint density at radius 2 is 1.61 bits per heavy atom. The third-order valence-corrected chi connectivity index (χ3v) is 11.1. The molecular formula is C34H56O2. The number of carbonyl (C=O) groups excluding carboxylic acids is 1. The van der Waals surface area contributed by atoms with Crippen LogP contribution in [0.25, 0.3) is 0 Å².